The van der Waals surface area contributed by atoms with Crippen molar-refractivity contribution >= 4 is 10.4 Å². The summed E-state index contributed by atoms with van der Waals surface area (Å²) in [7, 11) is -4.01. The van der Waals surface area contributed by atoms with Crippen LogP contribution in [0.4, 0.5) is 0 Å². The molecule has 0 fully saturated rings. The molecule has 0 aromatic carbocycles. The highest BCUT2D eigenvalue weighted by Crippen LogP contribution is 2.17. The molecule has 5 heteroatoms. The molecule has 0 aliphatic carbocycles. The highest BCUT2D eigenvalue weighted by Gasteiger charge is 2.07. The maximum Gasteiger partial charge on any atom is 0.499 e. The van der Waals surface area contributed by atoms with E-state index in [9.17, 15) is 8.42 Å². The lowest BCUT2D eigenvalue weighted by Gasteiger charge is -2.04. The van der Waals surface area contributed by atoms with Gasteiger partial charge in [0.25, 0.3) is 0 Å². The van der Waals surface area contributed by atoms with E-state index in [1.54, 1.807) is 12.2 Å². The summed E-state index contributed by atoms with van der Waals surface area (Å²) in [5.41, 5.74) is 0. The van der Waals surface area contributed by atoms with Gasteiger partial charge in [0, 0.05) is 0 Å². The third kappa shape index (κ3) is 47.1. The van der Waals surface area contributed by atoms with Gasteiger partial charge in [-0.05, 0) is 37.8 Å². The molecule has 0 saturated heterocycles. The Labute approximate surface area is 334 Å². The van der Waals surface area contributed by atoms with Crippen molar-refractivity contribution in [3.63, 3.8) is 0 Å². The molecule has 0 atom stereocenters. The topological polar surface area (TPSA) is 52.6 Å². The van der Waals surface area contributed by atoms with Crippen LogP contribution in [0.25, 0.3) is 0 Å². The predicted molar refractivity (Wildman–Crippen MR) is 235 cm³/mol. The molecule has 0 aromatic rings. The molecule has 0 aliphatic rings. The summed E-state index contributed by atoms with van der Waals surface area (Å²) in [5.74, 6) is 0. The third-order valence-electron chi connectivity index (χ3n) is 11.0. The molecule has 0 spiro atoms. The number of unbranched alkanes of at least 4 members (excludes halogenated alkanes) is 40. The van der Waals surface area contributed by atoms with Crippen molar-refractivity contribution in [2.75, 3.05) is 0 Å². The van der Waals surface area contributed by atoms with Crippen LogP contribution in [0.15, 0.2) is 24.7 Å². The minimum atomic E-state index is -4.01. The Hall–Kier alpha value is -0.970. The van der Waals surface area contributed by atoms with Crippen molar-refractivity contribution in [3.05, 3.63) is 24.7 Å². The van der Waals surface area contributed by atoms with Crippen molar-refractivity contribution in [1.29, 1.82) is 0 Å². The predicted octanol–water partition coefficient (Wildman–Crippen LogP) is 17.7. The Morgan fingerprint density at radius 1 is 0.283 bits per heavy atom. The van der Waals surface area contributed by atoms with Gasteiger partial charge in [-0.1, -0.05) is 258 Å². The van der Waals surface area contributed by atoms with Crippen molar-refractivity contribution in [1.82, 2.24) is 0 Å². The molecule has 316 valence electrons. The van der Waals surface area contributed by atoms with Crippen LogP contribution in [0, 0.1) is 0 Å². The molecule has 0 saturated carbocycles. The second kappa shape index (κ2) is 45.4. The van der Waals surface area contributed by atoms with Gasteiger partial charge in [0.1, 0.15) is 12.5 Å². The van der Waals surface area contributed by atoms with Crippen LogP contribution in [0.5, 0.6) is 0 Å². The summed E-state index contributed by atoms with van der Waals surface area (Å²) >= 11 is 0. The third-order valence-corrected chi connectivity index (χ3v) is 11.7. The standard InChI is InChI=1S/C48H94O4S/c1-3-5-7-9-11-13-15-17-19-21-23-25-27-29-31-33-35-37-39-41-43-45-47-51-53(49,50)52-48-46-44-42-40-38-36-34-32-30-28-26-24-22-20-18-16-14-12-10-8-6-4-2/h45-48H,3-44H2,1-2H3/b47-45+,48-46+. The zero-order chi connectivity index (χ0) is 38.4. The number of hydrogen-bond acceptors (Lipinski definition) is 4. The Kier molecular flexibility index (Phi) is 44.6. The zero-order valence-electron chi connectivity index (χ0n) is 36.0. The summed E-state index contributed by atoms with van der Waals surface area (Å²) in [6.45, 7) is 4.58. The Bertz CT molecular complexity index is 774. The van der Waals surface area contributed by atoms with E-state index in [-0.39, 0.29) is 0 Å². The van der Waals surface area contributed by atoms with Crippen LogP contribution >= 0.6 is 0 Å². The molecule has 53 heavy (non-hydrogen) atoms. The number of rotatable bonds is 46. The minimum absolute atomic E-state index is 0.837. The second-order valence-electron chi connectivity index (χ2n) is 16.4. The van der Waals surface area contributed by atoms with Gasteiger partial charge in [0.2, 0.25) is 0 Å². The molecule has 0 rings (SSSR count). The van der Waals surface area contributed by atoms with E-state index in [2.05, 4.69) is 13.8 Å². The van der Waals surface area contributed by atoms with Gasteiger partial charge >= 0.3 is 10.4 Å². The average molecular weight is 767 g/mol. The molecule has 0 amide bonds. The highest BCUT2D eigenvalue weighted by molar-refractivity contribution is 7.82. The first-order valence-corrected chi connectivity index (χ1v) is 25.4. The van der Waals surface area contributed by atoms with E-state index in [0.29, 0.717) is 0 Å². The van der Waals surface area contributed by atoms with E-state index in [1.807, 2.05) is 0 Å². The summed E-state index contributed by atoms with van der Waals surface area (Å²) in [6, 6.07) is 0. The molecule has 0 unspecified atom stereocenters. The van der Waals surface area contributed by atoms with Crippen LogP contribution < -0.4 is 0 Å². The van der Waals surface area contributed by atoms with Gasteiger partial charge in [-0.2, -0.15) is 0 Å². The number of hydrogen-bond donors (Lipinski definition) is 0. The molecular weight excluding hydrogens is 673 g/mol. The van der Waals surface area contributed by atoms with E-state index in [1.165, 1.54) is 257 Å². The number of allylic oxidation sites excluding steroid dienone is 2. The SMILES string of the molecule is CCCCCCCCCCCCCCCCCCCCCC/C=C/OS(=O)(=O)O/C=C/CCCCCCCCCCCCCCCCCCCCCC. The first kappa shape index (κ1) is 52.0. The lowest BCUT2D eigenvalue weighted by atomic mass is 10.0. The maximum atomic E-state index is 11.9. The lowest BCUT2D eigenvalue weighted by molar-refractivity contribution is 0.334. The van der Waals surface area contributed by atoms with Crippen LogP contribution in [0.3, 0.4) is 0 Å². The molecule has 0 aliphatic heterocycles. The van der Waals surface area contributed by atoms with Gasteiger partial charge in [0.05, 0.1) is 0 Å². The van der Waals surface area contributed by atoms with Crippen molar-refractivity contribution in [2.45, 2.75) is 284 Å². The quantitative estimate of drug-likeness (QED) is 0.0457. The molecule has 0 N–H and O–H groups in total. The van der Waals surface area contributed by atoms with E-state index >= 15 is 0 Å². The Morgan fingerprint density at radius 2 is 0.453 bits per heavy atom. The highest BCUT2D eigenvalue weighted by atomic mass is 32.3. The van der Waals surface area contributed by atoms with E-state index < -0.39 is 10.4 Å². The minimum Gasteiger partial charge on any atom is -0.361 e. The average Bonchev–Trinajstić information content (AvgIpc) is 3.15. The molecule has 0 radical (unpaired) electrons. The van der Waals surface area contributed by atoms with E-state index in [4.69, 9.17) is 8.37 Å². The summed E-state index contributed by atoms with van der Waals surface area (Å²) in [6.07, 6.45) is 62.8. The fraction of sp³-hybridized carbons (Fsp3) is 0.917. The van der Waals surface area contributed by atoms with Crippen molar-refractivity contribution in [2.24, 2.45) is 0 Å². The molecule has 0 aromatic heterocycles. The fourth-order valence-corrected chi connectivity index (χ4v) is 7.88. The van der Waals surface area contributed by atoms with Crippen molar-refractivity contribution in [3.8, 4) is 0 Å². The smallest absolute Gasteiger partial charge is 0.361 e. The maximum absolute atomic E-state index is 11.9. The summed E-state index contributed by atoms with van der Waals surface area (Å²) in [4.78, 5) is 0. The van der Waals surface area contributed by atoms with Gasteiger partial charge < -0.3 is 8.37 Å². The Morgan fingerprint density at radius 3 is 0.642 bits per heavy atom. The van der Waals surface area contributed by atoms with Gasteiger partial charge in [-0.15, -0.1) is 8.42 Å². The van der Waals surface area contributed by atoms with Crippen LogP contribution in [0.1, 0.15) is 284 Å². The van der Waals surface area contributed by atoms with Crippen LogP contribution in [-0.4, -0.2) is 8.42 Å². The zero-order valence-corrected chi connectivity index (χ0v) is 36.9. The molecule has 4 nitrogen and oxygen atoms in total. The van der Waals surface area contributed by atoms with Crippen LogP contribution in [0.2, 0.25) is 0 Å². The molecule has 0 bridgehead atoms. The summed E-state index contributed by atoms with van der Waals surface area (Å²) < 4.78 is 33.5. The van der Waals surface area contributed by atoms with E-state index in [0.717, 1.165) is 25.7 Å². The second-order valence-corrected chi connectivity index (χ2v) is 17.6. The monoisotopic (exact) mass is 767 g/mol. The first-order valence-electron chi connectivity index (χ1n) is 24.0. The normalized spacial score (nSPS) is 12.1. The lowest BCUT2D eigenvalue weighted by Crippen LogP contribution is -2.02. The van der Waals surface area contributed by atoms with Gasteiger partial charge in [-0.25, -0.2) is 0 Å². The summed E-state index contributed by atoms with van der Waals surface area (Å²) in [5, 5.41) is 0. The molecular formula is C48H94O4S. The Balaban J connectivity index is 3.35. The van der Waals surface area contributed by atoms with Crippen molar-refractivity contribution < 1.29 is 16.8 Å². The van der Waals surface area contributed by atoms with Crippen LogP contribution in [-0.2, 0) is 18.8 Å². The first-order chi connectivity index (χ1) is 26.1. The van der Waals surface area contributed by atoms with Gasteiger partial charge in [-0.3, -0.25) is 0 Å². The largest absolute Gasteiger partial charge is 0.499 e. The fourth-order valence-electron chi connectivity index (χ4n) is 7.41. The van der Waals surface area contributed by atoms with Gasteiger partial charge in [0.15, 0.2) is 0 Å². The molecule has 0 heterocycles.